The van der Waals surface area contributed by atoms with Crippen molar-refractivity contribution < 1.29 is 42.1 Å². The summed E-state index contributed by atoms with van der Waals surface area (Å²) in [4.78, 5) is 51.6. The summed E-state index contributed by atoms with van der Waals surface area (Å²) in [6.45, 7) is 12.3. The van der Waals surface area contributed by atoms with Crippen LogP contribution in [0.1, 0.15) is 92.7 Å². The maximum atomic E-state index is 16.1. The van der Waals surface area contributed by atoms with Crippen molar-refractivity contribution in [2.75, 3.05) is 13.7 Å². The van der Waals surface area contributed by atoms with Crippen molar-refractivity contribution in [3.05, 3.63) is 23.9 Å². The number of alkyl carbamates (subject to hydrolysis) is 1. The van der Waals surface area contributed by atoms with E-state index in [9.17, 15) is 14.4 Å². The molecule has 0 radical (unpaired) electrons. The second-order valence-electron chi connectivity index (χ2n) is 15.3. The Morgan fingerprint density at radius 1 is 1.06 bits per heavy atom. The van der Waals surface area contributed by atoms with Crippen molar-refractivity contribution in [2.45, 2.75) is 123 Å². The minimum absolute atomic E-state index is 0.0579. The van der Waals surface area contributed by atoms with Gasteiger partial charge in [-0.2, -0.15) is 8.78 Å². The van der Waals surface area contributed by atoms with Gasteiger partial charge >= 0.3 is 12.1 Å². The lowest BCUT2D eigenvalue weighted by molar-refractivity contribution is -0.165. The predicted molar refractivity (Wildman–Crippen MR) is 173 cm³/mol. The Hall–Kier alpha value is -3.77. The van der Waals surface area contributed by atoms with Crippen LogP contribution in [0.2, 0.25) is 0 Å². The van der Waals surface area contributed by atoms with Gasteiger partial charge in [0, 0.05) is 18.4 Å². The number of carbonyl (C=O) groups is 3. The molecular formula is C35H48F2N4O7. The molecule has 13 heteroatoms. The van der Waals surface area contributed by atoms with Crippen molar-refractivity contribution in [3.8, 4) is 11.6 Å². The van der Waals surface area contributed by atoms with E-state index < -0.39 is 71.1 Å². The van der Waals surface area contributed by atoms with Gasteiger partial charge in [-0.05, 0) is 69.9 Å². The third-order valence-corrected chi connectivity index (χ3v) is 9.25. The van der Waals surface area contributed by atoms with Crippen LogP contribution in [0.4, 0.5) is 13.6 Å². The summed E-state index contributed by atoms with van der Waals surface area (Å²) < 4.78 is 55.3. The fourth-order valence-corrected chi connectivity index (χ4v) is 6.63. The van der Waals surface area contributed by atoms with E-state index in [4.69, 9.17) is 18.9 Å². The highest BCUT2D eigenvalue weighted by Gasteiger charge is 2.53. The number of alkyl halides is 2. The molecule has 264 valence electrons. The summed E-state index contributed by atoms with van der Waals surface area (Å²) in [6.07, 6.45) is -0.192. The molecule has 0 spiro atoms. The molecular weight excluding hydrogens is 626 g/mol. The van der Waals surface area contributed by atoms with E-state index in [0.717, 1.165) is 0 Å². The molecule has 5 rings (SSSR count). The number of aromatic nitrogens is 2. The first kappa shape index (κ1) is 35.5. The van der Waals surface area contributed by atoms with Gasteiger partial charge in [-0.15, -0.1) is 0 Å². The first-order valence-corrected chi connectivity index (χ1v) is 16.8. The average molecular weight is 675 g/mol. The Balaban J connectivity index is 1.62. The van der Waals surface area contributed by atoms with Crippen LogP contribution in [0, 0.1) is 17.3 Å². The number of hydrogen-bond donors (Lipinski definition) is 1. The van der Waals surface area contributed by atoms with Crippen LogP contribution in [0.15, 0.2) is 18.2 Å². The van der Waals surface area contributed by atoms with Crippen LogP contribution in [0.25, 0.3) is 11.0 Å². The zero-order valence-electron chi connectivity index (χ0n) is 29.1. The molecule has 2 amide bonds. The standard InChI is InChI=1S/C35H48F2N4O7/c1-9-21-25-18-41(26(21)31(43)48-34(5,6)7)30(42)28(33(2,3)4)40-32(44)47-24-16-19(24)12-10-11-15-35(36,37)27-29(46-25)39-23-17-20(45-8)13-14-22(23)38-27/h13-14,17,19,21,24-26,28H,9-12,15-16,18H2,1-8H3,(H,40,44)/t19-,21-,24-,25+,26+,28-/m1/s1. The van der Waals surface area contributed by atoms with Gasteiger partial charge in [0.05, 0.1) is 24.7 Å². The van der Waals surface area contributed by atoms with Gasteiger partial charge in [-0.3, -0.25) is 4.79 Å². The molecule has 1 aromatic heterocycles. The van der Waals surface area contributed by atoms with E-state index in [-0.39, 0.29) is 36.4 Å². The molecule has 2 fully saturated rings. The first-order valence-electron chi connectivity index (χ1n) is 16.8. The van der Waals surface area contributed by atoms with Crippen molar-refractivity contribution in [2.24, 2.45) is 17.3 Å². The zero-order valence-corrected chi connectivity index (χ0v) is 29.1. The van der Waals surface area contributed by atoms with Gasteiger partial charge in [-0.25, -0.2) is 19.6 Å². The summed E-state index contributed by atoms with van der Waals surface area (Å²) in [5.74, 6) is -5.07. The molecule has 48 heavy (non-hydrogen) atoms. The number of methoxy groups -OCH3 is 1. The number of fused-ring (bicyclic) bond motifs is 5. The summed E-state index contributed by atoms with van der Waals surface area (Å²) in [5.41, 5.74) is -1.70. The van der Waals surface area contributed by atoms with Crippen LogP contribution < -0.4 is 14.8 Å². The number of nitrogens with one attached hydrogen (secondary N) is 1. The predicted octanol–water partition coefficient (Wildman–Crippen LogP) is 6.16. The van der Waals surface area contributed by atoms with Crippen LogP contribution in [-0.2, 0) is 25.0 Å². The molecule has 0 unspecified atom stereocenters. The average Bonchev–Trinajstić information content (AvgIpc) is 3.61. The summed E-state index contributed by atoms with van der Waals surface area (Å²) >= 11 is 0. The largest absolute Gasteiger partial charge is 0.497 e. The molecule has 3 heterocycles. The molecule has 1 aliphatic carbocycles. The topological polar surface area (TPSA) is 129 Å². The number of rotatable bonds is 3. The maximum Gasteiger partial charge on any atom is 0.408 e. The van der Waals surface area contributed by atoms with Crippen molar-refractivity contribution in [1.29, 1.82) is 0 Å². The Labute approximate surface area is 280 Å². The lowest BCUT2D eigenvalue weighted by Gasteiger charge is -2.36. The van der Waals surface area contributed by atoms with Gasteiger partial charge in [0.25, 0.3) is 5.92 Å². The minimum Gasteiger partial charge on any atom is -0.497 e. The normalized spacial score (nSPS) is 28.2. The fourth-order valence-electron chi connectivity index (χ4n) is 6.63. The SMILES string of the molecule is CC[C@@H]1[C@@H]2CN(C(=O)[C@H](C(C)(C)C)NC(=O)O[C@@H]3C[C@H]3CCCCC(F)(F)c3nc4ccc(OC)cc4nc3O2)[C@@H]1C(=O)OC(C)(C)C. The van der Waals surface area contributed by atoms with Crippen molar-refractivity contribution in [1.82, 2.24) is 20.2 Å². The fraction of sp³-hybridized carbons (Fsp3) is 0.686. The molecule has 11 nitrogen and oxygen atoms in total. The maximum absolute atomic E-state index is 16.1. The zero-order chi connectivity index (χ0) is 35.2. The van der Waals surface area contributed by atoms with E-state index in [2.05, 4.69) is 15.3 Å². The van der Waals surface area contributed by atoms with Gasteiger partial charge in [-0.1, -0.05) is 34.1 Å². The number of esters is 1. The number of hydrogen-bond acceptors (Lipinski definition) is 9. The molecule has 1 N–H and O–H groups in total. The van der Waals surface area contributed by atoms with Crippen LogP contribution >= 0.6 is 0 Å². The second-order valence-corrected chi connectivity index (χ2v) is 15.3. The van der Waals surface area contributed by atoms with E-state index in [1.807, 2.05) is 6.92 Å². The highest BCUT2D eigenvalue weighted by Crippen LogP contribution is 2.43. The molecule has 2 aromatic rings. The van der Waals surface area contributed by atoms with E-state index in [1.165, 1.54) is 12.0 Å². The molecule has 2 bridgehead atoms. The summed E-state index contributed by atoms with van der Waals surface area (Å²) in [5, 5.41) is 2.77. The highest BCUT2D eigenvalue weighted by molar-refractivity contribution is 5.91. The number of carbonyl (C=O) groups excluding carboxylic acids is 3. The number of ether oxygens (including phenoxy) is 4. The number of halogens is 2. The summed E-state index contributed by atoms with van der Waals surface area (Å²) in [6, 6.07) is 2.59. The lowest BCUT2D eigenvalue weighted by Crippen LogP contribution is -2.58. The van der Waals surface area contributed by atoms with Crippen LogP contribution in [-0.4, -0.2) is 76.4 Å². The Morgan fingerprint density at radius 3 is 2.44 bits per heavy atom. The number of nitrogens with zero attached hydrogens (tertiary/aromatic N) is 3. The molecule has 1 aromatic carbocycles. The highest BCUT2D eigenvalue weighted by atomic mass is 19.3. The van der Waals surface area contributed by atoms with E-state index >= 15 is 8.78 Å². The van der Waals surface area contributed by atoms with Gasteiger partial charge in [0.2, 0.25) is 11.8 Å². The summed E-state index contributed by atoms with van der Waals surface area (Å²) in [7, 11) is 1.49. The molecule has 3 aliphatic rings. The smallest absolute Gasteiger partial charge is 0.408 e. The monoisotopic (exact) mass is 674 g/mol. The van der Waals surface area contributed by atoms with Gasteiger partial charge < -0.3 is 29.2 Å². The van der Waals surface area contributed by atoms with E-state index in [1.54, 1.807) is 59.7 Å². The molecule has 1 saturated carbocycles. The first-order chi connectivity index (χ1) is 22.4. The molecule has 6 atom stereocenters. The Bertz CT molecular complexity index is 1540. The second kappa shape index (κ2) is 13.3. The van der Waals surface area contributed by atoms with Crippen LogP contribution in [0.3, 0.4) is 0 Å². The minimum atomic E-state index is -3.39. The Morgan fingerprint density at radius 2 is 1.79 bits per heavy atom. The quantitative estimate of drug-likeness (QED) is 0.381. The van der Waals surface area contributed by atoms with Gasteiger partial charge in [0.15, 0.2) is 5.69 Å². The van der Waals surface area contributed by atoms with Crippen LogP contribution in [0.5, 0.6) is 11.6 Å². The van der Waals surface area contributed by atoms with Crippen molar-refractivity contribution in [3.63, 3.8) is 0 Å². The van der Waals surface area contributed by atoms with E-state index in [0.29, 0.717) is 36.9 Å². The molecule has 2 aliphatic heterocycles. The third kappa shape index (κ3) is 7.75. The number of benzene rings is 1. The lowest BCUT2D eigenvalue weighted by atomic mass is 9.85. The number of amides is 2. The molecule has 1 saturated heterocycles. The van der Waals surface area contributed by atoms with Crippen molar-refractivity contribution >= 4 is 29.0 Å². The van der Waals surface area contributed by atoms with Gasteiger partial charge in [0.1, 0.15) is 35.6 Å². The Kier molecular flexibility index (Phi) is 9.82. The third-order valence-electron chi connectivity index (χ3n) is 9.25.